The number of nitrogens with one attached hydrogen (secondary N) is 1. The molecule has 0 radical (unpaired) electrons. The SMILES string of the molecule is C[C@@H](c1ccccc1)n1c(C(=O)NCc2cccc(C(F)(F)F)c2)cc2sccc21. The third kappa shape index (κ3) is 3.98. The van der Waals surface area contributed by atoms with Gasteiger partial charge in [-0.25, -0.2) is 0 Å². The molecule has 154 valence electrons. The van der Waals surface area contributed by atoms with Gasteiger partial charge >= 0.3 is 6.18 Å². The van der Waals surface area contributed by atoms with E-state index in [9.17, 15) is 18.0 Å². The highest BCUT2D eigenvalue weighted by atomic mass is 32.1. The minimum atomic E-state index is -4.41. The van der Waals surface area contributed by atoms with Crippen molar-refractivity contribution in [1.29, 1.82) is 0 Å². The second-order valence-electron chi connectivity index (χ2n) is 7.04. The summed E-state index contributed by atoms with van der Waals surface area (Å²) in [6.45, 7) is 2.04. The lowest BCUT2D eigenvalue weighted by Gasteiger charge is -2.19. The first-order chi connectivity index (χ1) is 14.3. The summed E-state index contributed by atoms with van der Waals surface area (Å²) in [5, 5.41) is 4.74. The Morgan fingerprint density at radius 2 is 1.83 bits per heavy atom. The Balaban J connectivity index is 1.61. The van der Waals surface area contributed by atoms with E-state index in [-0.39, 0.29) is 18.5 Å². The molecular weight excluding hydrogens is 409 g/mol. The predicted molar refractivity (Wildman–Crippen MR) is 113 cm³/mol. The van der Waals surface area contributed by atoms with Crippen LogP contribution in [0, 0.1) is 0 Å². The van der Waals surface area contributed by atoms with E-state index in [0.29, 0.717) is 11.3 Å². The van der Waals surface area contributed by atoms with Gasteiger partial charge in [0.1, 0.15) is 5.69 Å². The van der Waals surface area contributed by atoms with Crippen molar-refractivity contribution >= 4 is 27.5 Å². The second kappa shape index (κ2) is 7.99. The molecule has 0 aliphatic carbocycles. The van der Waals surface area contributed by atoms with Crippen LogP contribution in [0.4, 0.5) is 13.2 Å². The lowest BCUT2D eigenvalue weighted by Crippen LogP contribution is -2.26. The fourth-order valence-corrected chi connectivity index (χ4v) is 4.36. The molecule has 0 aliphatic heterocycles. The van der Waals surface area contributed by atoms with Gasteiger partial charge in [-0.3, -0.25) is 4.79 Å². The Morgan fingerprint density at radius 3 is 2.57 bits per heavy atom. The minimum absolute atomic E-state index is 0.0152. The van der Waals surface area contributed by atoms with E-state index in [1.54, 1.807) is 17.4 Å². The highest BCUT2D eigenvalue weighted by molar-refractivity contribution is 7.17. The molecule has 4 rings (SSSR count). The summed E-state index contributed by atoms with van der Waals surface area (Å²) in [7, 11) is 0. The van der Waals surface area contributed by atoms with Crippen LogP contribution in [0.15, 0.2) is 72.1 Å². The van der Waals surface area contributed by atoms with E-state index in [1.165, 1.54) is 6.07 Å². The zero-order chi connectivity index (χ0) is 21.3. The van der Waals surface area contributed by atoms with Gasteiger partial charge in [-0.05, 0) is 47.7 Å². The molecule has 0 bridgehead atoms. The number of benzene rings is 2. The van der Waals surface area contributed by atoms with Gasteiger partial charge in [0.15, 0.2) is 0 Å². The number of hydrogen-bond acceptors (Lipinski definition) is 2. The van der Waals surface area contributed by atoms with Crippen LogP contribution in [0.2, 0.25) is 0 Å². The average Bonchev–Trinajstić information content (AvgIpc) is 3.33. The summed E-state index contributed by atoms with van der Waals surface area (Å²) in [5.74, 6) is -0.321. The number of fused-ring (bicyclic) bond motifs is 1. The van der Waals surface area contributed by atoms with Gasteiger partial charge in [-0.2, -0.15) is 13.2 Å². The molecule has 0 aliphatic rings. The van der Waals surface area contributed by atoms with Crippen LogP contribution in [0.5, 0.6) is 0 Å². The molecular formula is C23H19F3N2OS. The number of rotatable bonds is 5. The van der Waals surface area contributed by atoms with Crippen molar-refractivity contribution < 1.29 is 18.0 Å². The van der Waals surface area contributed by atoms with E-state index in [2.05, 4.69) is 5.32 Å². The van der Waals surface area contributed by atoms with Crippen LogP contribution >= 0.6 is 11.3 Å². The molecule has 1 amide bonds. The van der Waals surface area contributed by atoms with E-state index < -0.39 is 11.7 Å². The molecule has 2 aromatic heterocycles. The number of carbonyl (C=O) groups excluding carboxylic acids is 1. The molecule has 7 heteroatoms. The van der Waals surface area contributed by atoms with Crippen molar-refractivity contribution in [3.63, 3.8) is 0 Å². The molecule has 2 aromatic carbocycles. The van der Waals surface area contributed by atoms with Gasteiger partial charge in [0, 0.05) is 6.54 Å². The molecule has 0 saturated heterocycles. The molecule has 4 aromatic rings. The summed E-state index contributed by atoms with van der Waals surface area (Å²) in [6.07, 6.45) is -4.41. The van der Waals surface area contributed by atoms with E-state index in [4.69, 9.17) is 0 Å². The van der Waals surface area contributed by atoms with E-state index >= 15 is 0 Å². The molecule has 30 heavy (non-hydrogen) atoms. The maximum Gasteiger partial charge on any atom is 0.416 e. The van der Waals surface area contributed by atoms with Crippen molar-refractivity contribution in [3.8, 4) is 0 Å². The average molecular weight is 428 g/mol. The first-order valence-electron chi connectivity index (χ1n) is 9.42. The summed E-state index contributed by atoms with van der Waals surface area (Å²) in [5.41, 5.74) is 2.18. The normalized spacial score (nSPS) is 12.8. The number of nitrogens with zero attached hydrogens (tertiary/aromatic N) is 1. The Hall–Kier alpha value is -3.06. The maximum absolute atomic E-state index is 13.0. The highest BCUT2D eigenvalue weighted by Gasteiger charge is 2.30. The molecule has 2 heterocycles. The van der Waals surface area contributed by atoms with Crippen LogP contribution in [-0.2, 0) is 12.7 Å². The Kier molecular flexibility index (Phi) is 5.39. The quantitative estimate of drug-likeness (QED) is 0.400. The fourth-order valence-electron chi connectivity index (χ4n) is 3.55. The summed E-state index contributed by atoms with van der Waals surface area (Å²) in [4.78, 5) is 13.0. The van der Waals surface area contributed by atoms with E-state index in [0.717, 1.165) is 27.9 Å². The van der Waals surface area contributed by atoms with Crippen molar-refractivity contribution in [2.24, 2.45) is 0 Å². The Morgan fingerprint density at radius 1 is 1.07 bits per heavy atom. The standard InChI is InChI=1S/C23H19F3N2OS/c1-15(17-7-3-2-4-8-17)28-19-10-11-30-21(19)13-20(28)22(29)27-14-16-6-5-9-18(12-16)23(24,25)26/h2-13,15H,14H2,1H3,(H,27,29)/t15-/m0/s1. The van der Waals surface area contributed by atoms with E-state index in [1.807, 2.05) is 59.3 Å². The monoisotopic (exact) mass is 428 g/mol. The molecule has 0 fully saturated rings. The van der Waals surface area contributed by atoms with Crippen LogP contribution in [0.3, 0.4) is 0 Å². The third-order valence-electron chi connectivity index (χ3n) is 5.07. The van der Waals surface area contributed by atoms with Crippen LogP contribution in [0.1, 0.15) is 40.1 Å². The number of aromatic nitrogens is 1. The van der Waals surface area contributed by atoms with Gasteiger partial charge in [-0.1, -0.05) is 42.5 Å². The van der Waals surface area contributed by atoms with Gasteiger partial charge in [0.25, 0.3) is 5.91 Å². The highest BCUT2D eigenvalue weighted by Crippen LogP contribution is 2.32. The number of amides is 1. The minimum Gasteiger partial charge on any atom is -0.347 e. The van der Waals surface area contributed by atoms with Gasteiger partial charge in [-0.15, -0.1) is 11.3 Å². The van der Waals surface area contributed by atoms with Crippen molar-refractivity contribution in [2.45, 2.75) is 25.7 Å². The topological polar surface area (TPSA) is 34.0 Å². The Labute approximate surface area is 175 Å². The largest absolute Gasteiger partial charge is 0.416 e. The number of hydrogen-bond donors (Lipinski definition) is 1. The molecule has 1 atom stereocenters. The summed E-state index contributed by atoms with van der Waals surface area (Å²) in [6, 6.07) is 18.6. The second-order valence-corrected chi connectivity index (χ2v) is 7.98. The zero-order valence-corrected chi connectivity index (χ0v) is 16.9. The third-order valence-corrected chi connectivity index (χ3v) is 5.92. The smallest absolute Gasteiger partial charge is 0.347 e. The molecule has 1 N–H and O–H groups in total. The van der Waals surface area contributed by atoms with Crippen molar-refractivity contribution in [3.05, 3.63) is 94.5 Å². The maximum atomic E-state index is 13.0. The number of carbonyl (C=O) groups is 1. The predicted octanol–water partition coefficient (Wildman–Crippen LogP) is 6.26. The zero-order valence-electron chi connectivity index (χ0n) is 16.1. The first-order valence-corrected chi connectivity index (χ1v) is 10.3. The van der Waals surface area contributed by atoms with Crippen molar-refractivity contribution in [2.75, 3.05) is 0 Å². The lowest BCUT2D eigenvalue weighted by atomic mass is 10.1. The first kappa shape index (κ1) is 20.2. The fraction of sp³-hybridized carbons (Fsp3) is 0.174. The number of alkyl halides is 3. The molecule has 0 saturated carbocycles. The van der Waals surface area contributed by atoms with Crippen LogP contribution < -0.4 is 5.32 Å². The molecule has 0 spiro atoms. The number of halogens is 3. The lowest BCUT2D eigenvalue weighted by molar-refractivity contribution is -0.137. The molecule has 0 unspecified atom stereocenters. The molecule has 3 nitrogen and oxygen atoms in total. The van der Waals surface area contributed by atoms with Crippen LogP contribution in [-0.4, -0.2) is 10.5 Å². The summed E-state index contributed by atoms with van der Waals surface area (Å²) < 4.78 is 41.7. The van der Waals surface area contributed by atoms with Gasteiger partial charge in [0.05, 0.1) is 21.8 Å². The summed E-state index contributed by atoms with van der Waals surface area (Å²) >= 11 is 1.55. The van der Waals surface area contributed by atoms with Gasteiger partial charge in [0.2, 0.25) is 0 Å². The Bertz CT molecular complexity index is 1180. The van der Waals surface area contributed by atoms with Crippen molar-refractivity contribution in [1.82, 2.24) is 9.88 Å². The van der Waals surface area contributed by atoms with Gasteiger partial charge < -0.3 is 9.88 Å². The van der Waals surface area contributed by atoms with Crippen LogP contribution in [0.25, 0.3) is 10.2 Å². The number of thiophene rings is 1.